The van der Waals surface area contributed by atoms with E-state index in [0.29, 0.717) is 15.8 Å². The lowest BCUT2D eigenvalue weighted by Crippen LogP contribution is -2.06. The van der Waals surface area contributed by atoms with Crippen LogP contribution in [0, 0.1) is 11.6 Å². The third-order valence-corrected chi connectivity index (χ3v) is 3.49. The quantitative estimate of drug-likeness (QED) is 0.928. The molecule has 0 heterocycles. The van der Waals surface area contributed by atoms with Crippen molar-refractivity contribution in [2.45, 2.75) is 6.10 Å². The van der Waals surface area contributed by atoms with Crippen molar-refractivity contribution in [2.75, 3.05) is 7.11 Å². The van der Waals surface area contributed by atoms with Crippen LogP contribution in [0.1, 0.15) is 17.2 Å². The number of ether oxygens (including phenoxy) is 1. The highest BCUT2D eigenvalue weighted by Gasteiger charge is 2.21. The molecule has 1 N–H and O–H groups in total. The summed E-state index contributed by atoms with van der Waals surface area (Å²) in [5.74, 6) is -1.08. The van der Waals surface area contributed by atoms with Crippen molar-refractivity contribution in [3.8, 4) is 5.75 Å². The van der Waals surface area contributed by atoms with Crippen molar-refractivity contribution in [3.63, 3.8) is 0 Å². The fourth-order valence-electron chi connectivity index (χ4n) is 1.79. The van der Waals surface area contributed by atoms with Gasteiger partial charge in [0, 0.05) is 10.0 Å². The Morgan fingerprint density at radius 3 is 2.37 bits per heavy atom. The first kappa shape index (κ1) is 14.0. The molecule has 5 heteroatoms. The average molecular weight is 329 g/mol. The number of aliphatic hydroxyl groups excluding tert-OH is 1. The molecular formula is C14H11BrF2O2. The number of halogens is 3. The van der Waals surface area contributed by atoms with Gasteiger partial charge in [0.1, 0.15) is 23.5 Å². The van der Waals surface area contributed by atoms with Gasteiger partial charge in [-0.3, -0.25) is 0 Å². The number of rotatable bonds is 3. The molecule has 0 spiro atoms. The molecule has 1 atom stereocenters. The minimum atomic E-state index is -1.41. The highest BCUT2D eigenvalue weighted by Crippen LogP contribution is 2.33. The van der Waals surface area contributed by atoms with E-state index in [1.165, 1.54) is 19.2 Å². The monoisotopic (exact) mass is 328 g/mol. The molecule has 0 bridgehead atoms. The molecule has 2 nitrogen and oxygen atoms in total. The van der Waals surface area contributed by atoms with Gasteiger partial charge in [0.25, 0.3) is 0 Å². The van der Waals surface area contributed by atoms with E-state index < -0.39 is 17.7 Å². The number of hydrogen-bond donors (Lipinski definition) is 1. The first-order valence-electron chi connectivity index (χ1n) is 5.50. The summed E-state index contributed by atoms with van der Waals surface area (Å²) in [4.78, 5) is 0. The van der Waals surface area contributed by atoms with Crippen molar-refractivity contribution in [1.29, 1.82) is 0 Å². The largest absolute Gasteiger partial charge is 0.497 e. The van der Waals surface area contributed by atoms with Crippen LogP contribution in [0.4, 0.5) is 8.78 Å². The van der Waals surface area contributed by atoms with Gasteiger partial charge in [-0.05, 0) is 30.3 Å². The summed E-state index contributed by atoms with van der Waals surface area (Å²) in [6, 6.07) is 8.32. The SMILES string of the molecule is COc1ccc(Br)c(C(O)c2c(F)cccc2F)c1. The van der Waals surface area contributed by atoms with Gasteiger partial charge in [-0.1, -0.05) is 22.0 Å². The average Bonchev–Trinajstić information content (AvgIpc) is 2.39. The molecule has 0 radical (unpaired) electrons. The van der Waals surface area contributed by atoms with Gasteiger partial charge in [0.2, 0.25) is 0 Å². The second kappa shape index (κ2) is 5.67. The molecule has 100 valence electrons. The van der Waals surface area contributed by atoms with Crippen LogP contribution in [-0.2, 0) is 0 Å². The number of hydrogen-bond acceptors (Lipinski definition) is 2. The minimum Gasteiger partial charge on any atom is -0.497 e. The van der Waals surface area contributed by atoms with Crippen LogP contribution in [0.2, 0.25) is 0 Å². The van der Waals surface area contributed by atoms with Gasteiger partial charge in [0.05, 0.1) is 12.7 Å². The van der Waals surface area contributed by atoms with Crippen LogP contribution in [0.5, 0.6) is 5.75 Å². The molecule has 0 aliphatic carbocycles. The summed E-state index contributed by atoms with van der Waals surface area (Å²) < 4.78 is 32.9. The lowest BCUT2D eigenvalue weighted by Gasteiger charge is -2.15. The summed E-state index contributed by atoms with van der Waals surface area (Å²) in [6.07, 6.45) is -1.41. The maximum absolute atomic E-state index is 13.7. The van der Waals surface area contributed by atoms with Crippen LogP contribution < -0.4 is 4.74 Å². The van der Waals surface area contributed by atoms with E-state index in [9.17, 15) is 13.9 Å². The predicted molar refractivity (Wildman–Crippen MR) is 71.1 cm³/mol. The normalized spacial score (nSPS) is 12.3. The van der Waals surface area contributed by atoms with Gasteiger partial charge in [-0.2, -0.15) is 0 Å². The van der Waals surface area contributed by atoms with E-state index in [2.05, 4.69) is 15.9 Å². The van der Waals surface area contributed by atoms with Gasteiger partial charge in [0.15, 0.2) is 0 Å². The molecular weight excluding hydrogens is 318 g/mol. The predicted octanol–water partition coefficient (Wildman–Crippen LogP) is 3.82. The topological polar surface area (TPSA) is 29.5 Å². The van der Waals surface area contributed by atoms with E-state index in [1.807, 2.05) is 0 Å². The van der Waals surface area contributed by atoms with E-state index in [4.69, 9.17) is 4.74 Å². The molecule has 0 saturated heterocycles. The summed E-state index contributed by atoms with van der Waals surface area (Å²) in [7, 11) is 1.48. The third-order valence-electron chi connectivity index (χ3n) is 2.77. The first-order valence-corrected chi connectivity index (χ1v) is 6.29. The number of aliphatic hydroxyl groups is 1. The Kier molecular flexibility index (Phi) is 4.17. The summed E-state index contributed by atoms with van der Waals surface area (Å²) in [5, 5.41) is 10.2. The Balaban J connectivity index is 2.52. The van der Waals surface area contributed by atoms with Gasteiger partial charge in [-0.15, -0.1) is 0 Å². The third kappa shape index (κ3) is 2.77. The van der Waals surface area contributed by atoms with Crippen LogP contribution >= 0.6 is 15.9 Å². The lowest BCUT2D eigenvalue weighted by molar-refractivity contribution is 0.208. The Labute approximate surface area is 117 Å². The van der Waals surface area contributed by atoms with Gasteiger partial charge in [-0.25, -0.2) is 8.78 Å². The van der Waals surface area contributed by atoms with Crippen molar-refractivity contribution >= 4 is 15.9 Å². The molecule has 1 unspecified atom stereocenters. The maximum atomic E-state index is 13.7. The Hall–Kier alpha value is -1.46. The number of methoxy groups -OCH3 is 1. The van der Waals surface area contributed by atoms with Crippen molar-refractivity contribution in [3.05, 3.63) is 63.6 Å². The highest BCUT2D eigenvalue weighted by atomic mass is 79.9. The molecule has 0 fully saturated rings. The molecule has 2 aromatic rings. The molecule has 2 aromatic carbocycles. The second-order valence-electron chi connectivity index (χ2n) is 3.93. The van der Waals surface area contributed by atoms with E-state index in [1.54, 1.807) is 12.1 Å². The van der Waals surface area contributed by atoms with E-state index in [-0.39, 0.29) is 5.56 Å². The zero-order valence-electron chi connectivity index (χ0n) is 10.0. The molecule has 0 amide bonds. The Bertz CT molecular complexity index is 582. The Morgan fingerprint density at radius 1 is 1.16 bits per heavy atom. The van der Waals surface area contributed by atoms with E-state index >= 15 is 0 Å². The molecule has 0 aromatic heterocycles. The van der Waals surface area contributed by atoms with E-state index in [0.717, 1.165) is 12.1 Å². The standard InChI is InChI=1S/C14H11BrF2O2/c1-19-8-5-6-10(15)9(7-8)14(18)13-11(16)3-2-4-12(13)17/h2-7,14,18H,1H3. The zero-order chi connectivity index (χ0) is 14.0. The van der Waals surface area contributed by atoms with Crippen LogP contribution in [-0.4, -0.2) is 12.2 Å². The van der Waals surface area contributed by atoms with Gasteiger partial charge >= 0.3 is 0 Å². The van der Waals surface area contributed by atoms with Crippen LogP contribution in [0.25, 0.3) is 0 Å². The van der Waals surface area contributed by atoms with Crippen molar-refractivity contribution in [1.82, 2.24) is 0 Å². The summed E-state index contributed by atoms with van der Waals surface area (Å²) >= 11 is 3.25. The number of benzene rings is 2. The first-order chi connectivity index (χ1) is 9.04. The summed E-state index contributed by atoms with van der Waals surface area (Å²) in [6.45, 7) is 0. The van der Waals surface area contributed by atoms with Crippen molar-refractivity contribution in [2.24, 2.45) is 0 Å². The van der Waals surface area contributed by atoms with Crippen LogP contribution in [0.3, 0.4) is 0 Å². The summed E-state index contributed by atoms with van der Waals surface area (Å²) in [5.41, 5.74) is -0.0418. The van der Waals surface area contributed by atoms with Crippen molar-refractivity contribution < 1.29 is 18.6 Å². The minimum absolute atomic E-state index is 0.336. The second-order valence-corrected chi connectivity index (χ2v) is 4.78. The molecule has 0 aliphatic rings. The fourth-order valence-corrected chi connectivity index (χ4v) is 2.25. The lowest BCUT2D eigenvalue weighted by atomic mass is 10.0. The maximum Gasteiger partial charge on any atom is 0.132 e. The molecule has 2 rings (SSSR count). The molecule has 0 saturated carbocycles. The Morgan fingerprint density at radius 2 is 1.79 bits per heavy atom. The zero-order valence-corrected chi connectivity index (χ0v) is 11.6. The molecule has 19 heavy (non-hydrogen) atoms. The van der Waals surface area contributed by atoms with Gasteiger partial charge < -0.3 is 9.84 Å². The highest BCUT2D eigenvalue weighted by molar-refractivity contribution is 9.10. The fraction of sp³-hybridized carbons (Fsp3) is 0.143. The van der Waals surface area contributed by atoms with Crippen LogP contribution in [0.15, 0.2) is 40.9 Å². The molecule has 0 aliphatic heterocycles. The smallest absolute Gasteiger partial charge is 0.132 e.